The number of nitrogens with two attached hydrogens (primary N) is 1. The summed E-state index contributed by atoms with van der Waals surface area (Å²) < 4.78 is 5.41. The second-order valence-electron chi connectivity index (χ2n) is 5.48. The van der Waals surface area contributed by atoms with Gasteiger partial charge in [0.2, 0.25) is 0 Å². The fraction of sp³-hybridized carbons (Fsp3) is 0.857. The maximum Gasteiger partial charge on any atom is 0.0791 e. The largest absolute Gasteiger partial charge is 0.377 e. The van der Waals surface area contributed by atoms with Crippen molar-refractivity contribution >= 4 is 11.9 Å². The Labute approximate surface area is 117 Å². The van der Waals surface area contributed by atoms with E-state index in [1.807, 2.05) is 13.8 Å². The summed E-state index contributed by atoms with van der Waals surface area (Å²) in [6.45, 7) is 11.8. The number of aliphatic imine (C=N–C) groups is 1. The van der Waals surface area contributed by atoms with Crippen LogP contribution in [-0.4, -0.2) is 56.2 Å². The summed E-state index contributed by atoms with van der Waals surface area (Å²) in [7, 11) is 2.11. The van der Waals surface area contributed by atoms with Crippen LogP contribution in [0.1, 0.15) is 34.1 Å². The molecule has 0 saturated heterocycles. The maximum absolute atomic E-state index is 5.41. The molecular formula is C14H30N4O. The van der Waals surface area contributed by atoms with E-state index in [9.17, 15) is 0 Å². The van der Waals surface area contributed by atoms with Crippen LogP contribution in [0.2, 0.25) is 0 Å². The summed E-state index contributed by atoms with van der Waals surface area (Å²) in [5.74, 6) is 6.04. The molecule has 0 heterocycles. The summed E-state index contributed by atoms with van der Waals surface area (Å²) in [5, 5.41) is 3.77. The molecule has 0 aliphatic heterocycles. The Hall–Kier alpha value is -0.940. The minimum atomic E-state index is 0.252. The lowest BCUT2D eigenvalue weighted by Crippen LogP contribution is -2.26. The van der Waals surface area contributed by atoms with Crippen molar-refractivity contribution in [2.45, 2.75) is 40.2 Å². The predicted octanol–water partition coefficient (Wildman–Crippen LogP) is 1.77. The molecule has 0 fully saturated rings. The van der Waals surface area contributed by atoms with Crippen LogP contribution in [0.3, 0.4) is 0 Å². The Balaban J connectivity index is 3.86. The highest BCUT2D eigenvalue weighted by atomic mass is 16.5. The minimum Gasteiger partial charge on any atom is -0.377 e. The highest BCUT2D eigenvalue weighted by Crippen LogP contribution is 1.97. The molecular weight excluding hydrogens is 240 g/mol. The van der Waals surface area contributed by atoms with Crippen LogP contribution < -0.4 is 5.84 Å². The van der Waals surface area contributed by atoms with Gasteiger partial charge in [0, 0.05) is 25.7 Å². The topological polar surface area (TPSA) is 63.2 Å². The highest BCUT2D eigenvalue weighted by molar-refractivity contribution is 6.30. The van der Waals surface area contributed by atoms with Gasteiger partial charge in [-0.1, -0.05) is 13.8 Å². The van der Waals surface area contributed by atoms with Crippen molar-refractivity contribution in [1.29, 1.82) is 0 Å². The molecule has 112 valence electrons. The van der Waals surface area contributed by atoms with Gasteiger partial charge in [0.25, 0.3) is 0 Å². The second kappa shape index (κ2) is 10.9. The molecule has 0 amide bonds. The standard InChI is InChI=1S/C14H30N4O/c1-12(2)11-18(5)8-6-14(17-15)10-16-7-9-19-13(3)4/h10,12-13H,6-9,11,15H2,1-5H3. The van der Waals surface area contributed by atoms with Gasteiger partial charge < -0.3 is 15.5 Å². The summed E-state index contributed by atoms with van der Waals surface area (Å²) in [6, 6.07) is 0. The third-order valence-electron chi connectivity index (χ3n) is 2.50. The van der Waals surface area contributed by atoms with Crippen LogP contribution in [0.25, 0.3) is 0 Å². The van der Waals surface area contributed by atoms with Crippen LogP contribution in [0, 0.1) is 5.92 Å². The van der Waals surface area contributed by atoms with Crippen LogP contribution >= 0.6 is 0 Å². The number of hydrogen-bond acceptors (Lipinski definition) is 5. The van der Waals surface area contributed by atoms with Crippen molar-refractivity contribution in [3.05, 3.63) is 0 Å². The van der Waals surface area contributed by atoms with Crippen molar-refractivity contribution < 1.29 is 4.74 Å². The van der Waals surface area contributed by atoms with Crippen LogP contribution in [-0.2, 0) is 4.74 Å². The average molecular weight is 270 g/mol. The zero-order chi connectivity index (χ0) is 14.7. The Morgan fingerprint density at radius 1 is 1.32 bits per heavy atom. The first-order valence-corrected chi connectivity index (χ1v) is 7.02. The second-order valence-corrected chi connectivity index (χ2v) is 5.48. The van der Waals surface area contributed by atoms with Crippen LogP contribution in [0.4, 0.5) is 0 Å². The third kappa shape index (κ3) is 11.9. The van der Waals surface area contributed by atoms with Gasteiger partial charge in [0.15, 0.2) is 0 Å². The van der Waals surface area contributed by atoms with Gasteiger partial charge >= 0.3 is 0 Å². The minimum absolute atomic E-state index is 0.252. The number of hydrogen-bond donors (Lipinski definition) is 1. The first kappa shape index (κ1) is 18.1. The summed E-state index contributed by atoms with van der Waals surface area (Å²) >= 11 is 0. The molecule has 0 spiro atoms. The molecule has 2 N–H and O–H groups in total. The van der Waals surface area contributed by atoms with Gasteiger partial charge in [0.1, 0.15) is 0 Å². The molecule has 0 aromatic heterocycles. The quantitative estimate of drug-likeness (QED) is 0.285. The van der Waals surface area contributed by atoms with Gasteiger partial charge in [-0.3, -0.25) is 4.99 Å². The van der Waals surface area contributed by atoms with Crippen LogP contribution in [0.15, 0.2) is 10.1 Å². The van der Waals surface area contributed by atoms with Crippen molar-refractivity contribution in [1.82, 2.24) is 4.90 Å². The smallest absolute Gasteiger partial charge is 0.0791 e. The molecule has 19 heavy (non-hydrogen) atoms. The Kier molecular flexibility index (Phi) is 10.4. The van der Waals surface area contributed by atoms with Crippen molar-refractivity contribution in [3.8, 4) is 0 Å². The summed E-state index contributed by atoms with van der Waals surface area (Å²) in [4.78, 5) is 6.56. The lowest BCUT2D eigenvalue weighted by molar-refractivity contribution is 0.0854. The normalized spacial score (nSPS) is 13.4. The predicted molar refractivity (Wildman–Crippen MR) is 83.0 cm³/mol. The zero-order valence-electron chi connectivity index (χ0n) is 13.1. The summed E-state index contributed by atoms with van der Waals surface area (Å²) in [6.07, 6.45) is 2.84. The third-order valence-corrected chi connectivity index (χ3v) is 2.50. The molecule has 0 aromatic rings. The van der Waals surface area contributed by atoms with E-state index in [0.717, 1.165) is 25.2 Å². The fourth-order valence-electron chi connectivity index (χ4n) is 1.69. The Morgan fingerprint density at radius 2 is 2.00 bits per heavy atom. The molecule has 0 radical (unpaired) electrons. The van der Waals surface area contributed by atoms with Gasteiger partial charge in [-0.05, 0) is 26.8 Å². The van der Waals surface area contributed by atoms with Gasteiger partial charge in [0.05, 0.1) is 25.0 Å². The Morgan fingerprint density at radius 3 is 2.53 bits per heavy atom. The molecule has 0 saturated carbocycles. The number of nitrogens with zero attached hydrogens (tertiary/aromatic N) is 3. The van der Waals surface area contributed by atoms with Crippen molar-refractivity contribution in [2.75, 3.05) is 33.3 Å². The van der Waals surface area contributed by atoms with E-state index in [2.05, 4.69) is 35.9 Å². The molecule has 0 rings (SSSR count). The lowest BCUT2D eigenvalue weighted by atomic mass is 10.2. The monoisotopic (exact) mass is 270 g/mol. The molecule has 0 aliphatic carbocycles. The van der Waals surface area contributed by atoms with E-state index < -0.39 is 0 Å². The fourth-order valence-corrected chi connectivity index (χ4v) is 1.69. The molecule has 5 heteroatoms. The van der Waals surface area contributed by atoms with Gasteiger partial charge in [-0.15, -0.1) is 0 Å². The van der Waals surface area contributed by atoms with Crippen molar-refractivity contribution in [3.63, 3.8) is 0 Å². The zero-order valence-corrected chi connectivity index (χ0v) is 13.1. The number of hydrazone groups is 1. The first-order chi connectivity index (χ1) is 8.95. The highest BCUT2D eigenvalue weighted by Gasteiger charge is 2.03. The molecule has 5 nitrogen and oxygen atoms in total. The van der Waals surface area contributed by atoms with E-state index >= 15 is 0 Å². The molecule has 0 aromatic carbocycles. The van der Waals surface area contributed by atoms with Gasteiger partial charge in [-0.2, -0.15) is 5.10 Å². The Bertz CT molecular complexity index is 275. The van der Waals surface area contributed by atoms with E-state index in [1.165, 1.54) is 0 Å². The summed E-state index contributed by atoms with van der Waals surface area (Å²) in [5.41, 5.74) is 0.833. The SMILES string of the molecule is CC(C)CN(C)CCC(C=NCCOC(C)C)=NN. The molecule has 0 atom stereocenters. The van der Waals surface area contributed by atoms with E-state index in [4.69, 9.17) is 10.6 Å². The van der Waals surface area contributed by atoms with E-state index in [0.29, 0.717) is 19.1 Å². The number of rotatable bonds is 10. The lowest BCUT2D eigenvalue weighted by Gasteiger charge is -2.18. The first-order valence-electron chi connectivity index (χ1n) is 7.02. The average Bonchev–Trinajstić information content (AvgIpc) is 2.31. The number of ether oxygens (including phenoxy) is 1. The van der Waals surface area contributed by atoms with Gasteiger partial charge in [-0.25, -0.2) is 0 Å². The van der Waals surface area contributed by atoms with E-state index in [-0.39, 0.29) is 6.10 Å². The van der Waals surface area contributed by atoms with E-state index in [1.54, 1.807) is 6.21 Å². The molecule has 0 bridgehead atoms. The molecule has 0 aliphatic rings. The molecule has 0 unspecified atom stereocenters. The van der Waals surface area contributed by atoms with Crippen molar-refractivity contribution in [2.24, 2.45) is 21.9 Å². The van der Waals surface area contributed by atoms with Crippen LogP contribution in [0.5, 0.6) is 0 Å². The maximum atomic E-state index is 5.41.